The molecule has 234 valence electrons. The smallest absolute Gasteiger partial charge is 0.255 e. The number of benzene rings is 1. The Morgan fingerprint density at radius 1 is 1.02 bits per heavy atom. The van der Waals surface area contributed by atoms with Crippen molar-refractivity contribution in [1.82, 2.24) is 14.4 Å². The number of carbonyl (C=O) groups excluding carboxylic acids is 2. The summed E-state index contributed by atoms with van der Waals surface area (Å²) in [4.78, 5) is 44.1. The molecule has 2 aliphatic carbocycles. The third-order valence-corrected chi connectivity index (χ3v) is 10.6. The molecule has 1 aromatic heterocycles. The zero-order valence-electron chi connectivity index (χ0n) is 26.2. The second-order valence-electron chi connectivity index (χ2n) is 13.8. The van der Waals surface area contributed by atoms with Gasteiger partial charge in [0.25, 0.3) is 11.5 Å². The third kappa shape index (κ3) is 6.46. The van der Waals surface area contributed by atoms with Gasteiger partial charge in [0.15, 0.2) is 0 Å². The summed E-state index contributed by atoms with van der Waals surface area (Å²) in [7, 11) is 3.36. The highest BCUT2D eigenvalue weighted by Crippen LogP contribution is 2.52. The molecule has 2 amide bonds. The molecule has 5 rings (SSSR count). The van der Waals surface area contributed by atoms with Crippen molar-refractivity contribution in [3.8, 4) is 11.1 Å². The van der Waals surface area contributed by atoms with Crippen LogP contribution in [0.2, 0.25) is 0 Å². The first-order valence-electron chi connectivity index (χ1n) is 16.2. The Hall–Kier alpha value is -2.97. The predicted molar refractivity (Wildman–Crippen MR) is 167 cm³/mol. The summed E-state index contributed by atoms with van der Waals surface area (Å²) >= 11 is 0. The summed E-state index contributed by atoms with van der Waals surface area (Å²) in [5.74, 6) is 0.585. The van der Waals surface area contributed by atoms with E-state index in [-0.39, 0.29) is 36.4 Å². The number of amides is 2. The lowest BCUT2D eigenvalue weighted by Gasteiger charge is -2.53. The first-order valence-corrected chi connectivity index (χ1v) is 16.2. The van der Waals surface area contributed by atoms with E-state index in [1.165, 1.54) is 47.6 Å². The molecule has 8 nitrogen and oxygen atoms in total. The summed E-state index contributed by atoms with van der Waals surface area (Å²) in [5, 5.41) is 21.8. The number of rotatable bonds is 8. The number of aliphatic hydroxyl groups is 2. The lowest BCUT2D eigenvalue weighted by molar-refractivity contribution is -0.163. The molecule has 2 N–H and O–H groups in total. The molecule has 43 heavy (non-hydrogen) atoms. The van der Waals surface area contributed by atoms with E-state index >= 15 is 0 Å². The summed E-state index contributed by atoms with van der Waals surface area (Å²) < 4.78 is 1.51. The van der Waals surface area contributed by atoms with Gasteiger partial charge in [0.2, 0.25) is 5.91 Å². The van der Waals surface area contributed by atoms with E-state index in [4.69, 9.17) is 0 Å². The van der Waals surface area contributed by atoms with E-state index in [0.717, 1.165) is 37.7 Å². The summed E-state index contributed by atoms with van der Waals surface area (Å²) in [6.45, 7) is 3.06. The van der Waals surface area contributed by atoms with Crippen molar-refractivity contribution >= 4 is 11.8 Å². The van der Waals surface area contributed by atoms with E-state index in [2.05, 4.69) is 6.92 Å². The number of aromatic nitrogens is 1. The van der Waals surface area contributed by atoms with Gasteiger partial charge in [-0.3, -0.25) is 14.4 Å². The largest absolute Gasteiger partial charge is 0.392 e. The van der Waals surface area contributed by atoms with Crippen molar-refractivity contribution in [2.24, 2.45) is 17.3 Å². The number of likely N-dealkylation sites (tertiary alicyclic amines) is 1. The molecule has 3 aliphatic rings. The Morgan fingerprint density at radius 2 is 1.70 bits per heavy atom. The normalized spacial score (nSPS) is 23.0. The van der Waals surface area contributed by atoms with Crippen LogP contribution in [0.25, 0.3) is 11.1 Å². The van der Waals surface area contributed by atoms with Gasteiger partial charge >= 0.3 is 0 Å². The number of pyridine rings is 1. The first-order chi connectivity index (χ1) is 20.6. The van der Waals surface area contributed by atoms with Crippen LogP contribution in [0.15, 0.2) is 41.3 Å². The van der Waals surface area contributed by atoms with Crippen LogP contribution < -0.4 is 5.56 Å². The number of nitrogens with zero attached hydrogens (tertiary/aromatic N) is 3. The van der Waals surface area contributed by atoms with Crippen LogP contribution >= 0.6 is 0 Å². The molecule has 0 bridgehead atoms. The Morgan fingerprint density at radius 3 is 2.33 bits per heavy atom. The number of piperidine rings is 1. The maximum atomic E-state index is 13.7. The highest BCUT2D eigenvalue weighted by atomic mass is 16.3. The first kappa shape index (κ1) is 31.5. The van der Waals surface area contributed by atoms with Gasteiger partial charge in [-0.05, 0) is 42.7 Å². The maximum Gasteiger partial charge on any atom is 0.255 e. The standard InChI is InChI=1S/C35H49N3O5/c1-25(19-26-9-5-4-6-10-26)32(41)37-18-17-35(43,34(23-37)15-7-8-16-34)24-38-21-30(33(42)36(2)3)29(20-31(38)40)28-13-11-27(22-39)12-14-28/h11-14,20-21,25-26,39,43H,4-10,15-19,22-24H2,1-3H3/t25-,35?/m1/s1. The zero-order chi connectivity index (χ0) is 30.8. The summed E-state index contributed by atoms with van der Waals surface area (Å²) in [5.41, 5.74) is 0.447. The topological polar surface area (TPSA) is 103 Å². The fourth-order valence-corrected chi connectivity index (χ4v) is 8.04. The van der Waals surface area contributed by atoms with Gasteiger partial charge < -0.3 is 24.6 Å². The molecule has 1 aromatic carbocycles. The molecule has 2 atom stereocenters. The minimum Gasteiger partial charge on any atom is -0.392 e. The molecule has 1 aliphatic heterocycles. The highest BCUT2D eigenvalue weighted by molar-refractivity contribution is 6.00. The lowest BCUT2D eigenvalue weighted by Crippen LogP contribution is -2.62. The second kappa shape index (κ2) is 12.9. The van der Waals surface area contributed by atoms with Crippen LogP contribution in [0.4, 0.5) is 0 Å². The van der Waals surface area contributed by atoms with Crippen molar-refractivity contribution in [1.29, 1.82) is 0 Å². The molecule has 8 heteroatoms. The van der Waals surface area contributed by atoms with Crippen molar-refractivity contribution in [2.45, 2.75) is 96.3 Å². The van der Waals surface area contributed by atoms with Crippen LogP contribution in [0, 0.1) is 17.3 Å². The van der Waals surface area contributed by atoms with E-state index in [1.807, 2.05) is 4.90 Å². The molecule has 2 heterocycles. The predicted octanol–water partition coefficient (Wildman–Crippen LogP) is 4.84. The van der Waals surface area contributed by atoms with Crippen LogP contribution in [0.1, 0.15) is 93.5 Å². The maximum absolute atomic E-state index is 13.7. The van der Waals surface area contributed by atoms with Crippen LogP contribution in [-0.4, -0.2) is 69.2 Å². The quantitative estimate of drug-likeness (QED) is 0.458. The van der Waals surface area contributed by atoms with Crippen molar-refractivity contribution in [2.75, 3.05) is 27.2 Å². The molecule has 3 fully saturated rings. The van der Waals surface area contributed by atoms with Crippen molar-refractivity contribution in [3.05, 3.63) is 58.0 Å². The van der Waals surface area contributed by atoms with Gasteiger partial charge in [-0.15, -0.1) is 0 Å². The fraction of sp³-hybridized carbons (Fsp3) is 0.629. The SMILES string of the molecule is C[C@H](CC1CCCCC1)C(=O)N1CCC(O)(Cn2cc(C(=O)N(C)C)c(-c3ccc(CO)cc3)cc2=O)C2(CCCC2)C1. The van der Waals surface area contributed by atoms with E-state index in [9.17, 15) is 24.6 Å². The fourth-order valence-electron chi connectivity index (χ4n) is 8.04. The molecular formula is C35H49N3O5. The number of carbonyl (C=O) groups is 2. The molecule has 2 saturated carbocycles. The van der Waals surface area contributed by atoms with Crippen LogP contribution in [-0.2, 0) is 17.9 Å². The Bertz CT molecular complexity index is 1350. The van der Waals surface area contributed by atoms with Gasteiger partial charge in [-0.1, -0.05) is 76.1 Å². The average Bonchev–Trinajstić information content (AvgIpc) is 3.49. The summed E-state index contributed by atoms with van der Waals surface area (Å²) in [6.07, 6.45) is 12.9. The number of hydrogen-bond acceptors (Lipinski definition) is 5. The van der Waals surface area contributed by atoms with Crippen molar-refractivity contribution < 1.29 is 19.8 Å². The molecule has 1 spiro atoms. The summed E-state index contributed by atoms with van der Waals surface area (Å²) in [6, 6.07) is 8.66. The molecular weight excluding hydrogens is 542 g/mol. The average molecular weight is 592 g/mol. The Labute approximate surface area is 255 Å². The van der Waals surface area contributed by atoms with Gasteiger partial charge in [0.1, 0.15) is 0 Å². The van der Waals surface area contributed by atoms with Crippen LogP contribution in [0.3, 0.4) is 0 Å². The molecule has 0 radical (unpaired) electrons. The van der Waals surface area contributed by atoms with Crippen molar-refractivity contribution in [3.63, 3.8) is 0 Å². The van der Waals surface area contributed by atoms with Crippen LogP contribution in [0.5, 0.6) is 0 Å². The molecule has 1 saturated heterocycles. The number of hydrogen-bond donors (Lipinski definition) is 2. The minimum absolute atomic E-state index is 0.0195. The minimum atomic E-state index is -1.17. The highest BCUT2D eigenvalue weighted by Gasteiger charge is 2.55. The van der Waals surface area contributed by atoms with E-state index in [0.29, 0.717) is 42.1 Å². The second-order valence-corrected chi connectivity index (χ2v) is 13.8. The zero-order valence-corrected chi connectivity index (χ0v) is 26.2. The van der Waals surface area contributed by atoms with Gasteiger partial charge in [0.05, 0.1) is 24.3 Å². The van der Waals surface area contributed by atoms with Gasteiger partial charge in [0, 0.05) is 56.3 Å². The van der Waals surface area contributed by atoms with Gasteiger partial charge in [-0.2, -0.15) is 0 Å². The molecule has 1 unspecified atom stereocenters. The van der Waals surface area contributed by atoms with Gasteiger partial charge in [-0.25, -0.2) is 0 Å². The third-order valence-electron chi connectivity index (χ3n) is 10.6. The van der Waals surface area contributed by atoms with E-state index < -0.39 is 11.0 Å². The lowest BCUT2D eigenvalue weighted by atomic mass is 9.65. The Kier molecular flexibility index (Phi) is 9.47. The Balaban J connectivity index is 1.41. The molecule has 2 aromatic rings. The monoisotopic (exact) mass is 591 g/mol. The van der Waals surface area contributed by atoms with E-state index in [1.54, 1.807) is 44.6 Å². The number of aliphatic hydroxyl groups excluding tert-OH is 1.